The van der Waals surface area contributed by atoms with E-state index >= 15 is 0 Å². The fraction of sp³-hybridized carbons (Fsp3) is 0.350. The van der Waals surface area contributed by atoms with Crippen molar-refractivity contribution < 1.29 is 27.1 Å². The van der Waals surface area contributed by atoms with Crippen LogP contribution in [0.1, 0.15) is 35.6 Å². The summed E-state index contributed by atoms with van der Waals surface area (Å²) in [6, 6.07) is 8.05. The van der Waals surface area contributed by atoms with Crippen molar-refractivity contribution in [2.75, 3.05) is 13.7 Å². The van der Waals surface area contributed by atoms with E-state index in [-0.39, 0.29) is 6.54 Å². The van der Waals surface area contributed by atoms with Gasteiger partial charge in [-0.2, -0.15) is 13.2 Å². The lowest BCUT2D eigenvalue weighted by Crippen LogP contribution is -2.39. The van der Waals surface area contributed by atoms with E-state index < -0.39 is 29.6 Å². The van der Waals surface area contributed by atoms with E-state index in [1.165, 1.54) is 29.2 Å². The molecular weight excluding hydrogens is 376 g/mol. The quantitative estimate of drug-likeness (QED) is 0.750. The first-order valence-corrected chi connectivity index (χ1v) is 8.84. The summed E-state index contributed by atoms with van der Waals surface area (Å²) in [5, 5.41) is 2.86. The van der Waals surface area contributed by atoms with Crippen molar-refractivity contribution in [3.8, 4) is 5.75 Å². The van der Waals surface area contributed by atoms with Crippen molar-refractivity contribution in [2.24, 2.45) is 0 Å². The van der Waals surface area contributed by atoms with E-state index in [0.29, 0.717) is 36.3 Å². The van der Waals surface area contributed by atoms with Gasteiger partial charge in [-0.05, 0) is 48.7 Å². The van der Waals surface area contributed by atoms with Crippen LogP contribution in [0, 0.1) is 5.82 Å². The SMILES string of the molecule is CN(Cc1ccc(C(F)(F)F)cc1)C(=O)NC1CCCOc2ccc(F)cc21. The van der Waals surface area contributed by atoms with Gasteiger partial charge in [-0.3, -0.25) is 0 Å². The molecule has 0 aromatic heterocycles. The molecule has 1 N–H and O–H groups in total. The molecule has 0 bridgehead atoms. The van der Waals surface area contributed by atoms with Crippen LogP contribution in [-0.2, 0) is 12.7 Å². The number of urea groups is 1. The number of nitrogens with one attached hydrogen (secondary N) is 1. The smallest absolute Gasteiger partial charge is 0.416 e. The second-order valence-electron chi connectivity index (χ2n) is 6.73. The average Bonchev–Trinajstić information content (AvgIpc) is 2.83. The maximum Gasteiger partial charge on any atom is 0.416 e. The van der Waals surface area contributed by atoms with Gasteiger partial charge in [-0.25, -0.2) is 9.18 Å². The molecule has 4 nitrogen and oxygen atoms in total. The zero-order valence-corrected chi connectivity index (χ0v) is 15.2. The highest BCUT2D eigenvalue weighted by atomic mass is 19.4. The maximum absolute atomic E-state index is 13.6. The molecule has 0 saturated carbocycles. The molecule has 0 saturated heterocycles. The Balaban J connectivity index is 1.67. The van der Waals surface area contributed by atoms with Crippen LogP contribution in [-0.4, -0.2) is 24.6 Å². The number of fused-ring (bicyclic) bond motifs is 1. The normalized spacial score (nSPS) is 16.5. The highest BCUT2D eigenvalue weighted by molar-refractivity contribution is 5.74. The zero-order chi connectivity index (χ0) is 20.3. The largest absolute Gasteiger partial charge is 0.493 e. The molecule has 1 aliphatic heterocycles. The van der Waals surface area contributed by atoms with Gasteiger partial charge in [0.15, 0.2) is 0 Å². The summed E-state index contributed by atoms with van der Waals surface area (Å²) < 4.78 is 57.2. The molecular formula is C20H20F4N2O2. The Morgan fingerprint density at radius 3 is 2.61 bits per heavy atom. The number of hydrogen-bond acceptors (Lipinski definition) is 2. The van der Waals surface area contributed by atoms with Crippen molar-refractivity contribution in [1.29, 1.82) is 0 Å². The van der Waals surface area contributed by atoms with Crippen LogP contribution in [0.15, 0.2) is 42.5 Å². The van der Waals surface area contributed by atoms with Crippen LogP contribution in [0.3, 0.4) is 0 Å². The number of amides is 2. The first-order valence-electron chi connectivity index (χ1n) is 8.84. The summed E-state index contributed by atoms with van der Waals surface area (Å²) in [4.78, 5) is 13.9. The summed E-state index contributed by atoms with van der Waals surface area (Å²) in [5.41, 5.74) is 0.413. The van der Waals surface area contributed by atoms with Crippen LogP contribution in [0.5, 0.6) is 5.75 Å². The maximum atomic E-state index is 13.6. The van der Waals surface area contributed by atoms with Crippen molar-refractivity contribution >= 4 is 6.03 Å². The number of hydrogen-bond donors (Lipinski definition) is 1. The third kappa shape index (κ3) is 4.74. The van der Waals surface area contributed by atoms with E-state index in [1.807, 2.05) is 0 Å². The summed E-state index contributed by atoms with van der Waals surface area (Å²) >= 11 is 0. The lowest BCUT2D eigenvalue weighted by Gasteiger charge is -2.24. The lowest BCUT2D eigenvalue weighted by atomic mass is 10.0. The molecule has 1 aliphatic rings. The Kier molecular flexibility index (Phi) is 5.76. The van der Waals surface area contributed by atoms with E-state index in [2.05, 4.69) is 5.32 Å². The second-order valence-corrected chi connectivity index (χ2v) is 6.73. The van der Waals surface area contributed by atoms with Crippen LogP contribution in [0.25, 0.3) is 0 Å². The van der Waals surface area contributed by atoms with Crippen LogP contribution >= 0.6 is 0 Å². The van der Waals surface area contributed by atoms with Gasteiger partial charge in [0, 0.05) is 19.2 Å². The van der Waals surface area contributed by atoms with Crippen LogP contribution in [0.2, 0.25) is 0 Å². The van der Waals surface area contributed by atoms with Crippen molar-refractivity contribution in [3.05, 3.63) is 65.0 Å². The molecule has 28 heavy (non-hydrogen) atoms. The summed E-state index contributed by atoms with van der Waals surface area (Å²) in [6.07, 6.45) is -3.10. The van der Waals surface area contributed by atoms with E-state index in [1.54, 1.807) is 13.1 Å². The van der Waals surface area contributed by atoms with Gasteiger partial charge in [0.05, 0.1) is 18.2 Å². The monoisotopic (exact) mass is 396 g/mol. The summed E-state index contributed by atoms with van der Waals surface area (Å²) in [5.74, 6) is 0.121. The predicted octanol–water partition coefficient (Wildman–Crippen LogP) is 4.90. The van der Waals surface area contributed by atoms with Gasteiger partial charge in [-0.15, -0.1) is 0 Å². The molecule has 1 heterocycles. The number of carbonyl (C=O) groups excluding carboxylic acids is 1. The van der Waals surface area contributed by atoms with Gasteiger partial charge in [0.2, 0.25) is 0 Å². The van der Waals surface area contributed by atoms with Crippen LogP contribution < -0.4 is 10.1 Å². The van der Waals surface area contributed by atoms with Gasteiger partial charge < -0.3 is 15.0 Å². The van der Waals surface area contributed by atoms with Gasteiger partial charge in [0.25, 0.3) is 0 Å². The highest BCUT2D eigenvalue weighted by Crippen LogP contribution is 2.32. The molecule has 1 atom stereocenters. The fourth-order valence-corrected chi connectivity index (χ4v) is 3.10. The number of benzene rings is 2. The molecule has 150 valence electrons. The number of carbonyl (C=O) groups is 1. The third-order valence-electron chi connectivity index (χ3n) is 4.59. The number of rotatable bonds is 3. The minimum Gasteiger partial charge on any atom is -0.493 e. The first kappa shape index (κ1) is 20.0. The third-order valence-corrected chi connectivity index (χ3v) is 4.59. The number of alkyl halides is 3. The second kappa shape index (κ2) is 8.08. The zero-order valence-electron chi connectivity index (χ0n) is 15.2. The molecule has 0 fully saturated rings. The van der Waals surface area contributed by atoms with Gasteiger partial charge in [0.1, 0.15) is 11.6 Å². The molecule has 0 aliphatic carbocycles. The van der Waals surface area contributed by atoms with Gasteiger partial charge >= 0.3 is 12.2 Å². The standard InChI is InChI=1S/C20H20F4N2O2/c1-26(12-13-4-6-14(7-5-13)20(22,23)24)19(27)25-17-3-2-10-28-18-9-8-15(21)11-16(17)18/h4-9,11,17H,2-3,10,12H2,1H3,(H,25,27). The minimum absolute atomic E-state index is 0.142. The number of halogens is 4. The Bertz CT molecular complexity index is 837. The topological polar surface area (TPSA) is 41.6 Å². The highest BCUT2D eigenvalue weighted by Gasteiger charge is 2.30. The van der Waals surface area contributed by atoms with Crippen molar-refractivity contribution in [2.45, 2.75) is 31.6 Å². The lowest BCUT2D eigenvalue weighted by molar-refractivity contribution is -0.137. The molecule has 0 spiro atoms. The van der Waals surface area contributed by atoms with E-state index in [9.17, 15) is 22.4 Å². The Morgan fingerprint density at radius 2 is 1.93 bits per heavy atom. The first-order chi connectivity index (χ1) is 13.2. The number of ether oxygens (including phenoxy) is 1. The van der Waals surface area contributed by atoms with Gasteiger partial charge in [-0.1, -0.05) is 12.1 Å². The molecule has 2 aromatic rings. The fourth-order valence-electron chi connectivity index (χ4n) is 3.10. The van der Waals surface area contributed by atoms with Crippen molar-refractivity contribution in [3.63, 3.8) is 0 Å². The van der Waals surface area contributed by atoms with Crippen LogP contribution in [0.4, 0.5) is 22.4 Å². The Labute approximate surface area is 160 Å². The molecule has 8 heteroatoms. The Morgan fingerprint density at radius 1 is 1.21 bits per heavy atom. The Hall–Kier alpha value is -2.77. The molecule has 0 radical (unpaired) electrons. The summed E-state index contributed by atoms with van der Waals surface area (Å²) in [6.45, 7) is 0.621. The molecule has 3 rings (SSSR count). The van der Waals surface area contributed by atoms with Crippen molar-refractivity contribution in [1.82, 2.24) is 10.2 Å². The molecule has 1 unspecified atom stereocenters. The predicted molar refractivity (Wildman–Crippen MR) is 95.3 cm³/mol. The summed E-state index contributed by atoms with van der Waals surface area (Å²) in [7, 11) is 1.55. The minimum atomic E-state index is -4.40. The number of nitrogens with zero attached hydrogens (tertiary/aromatic N) is 1. The van der Waals surface area contributed by atoms with E-state index in [0.717, 1.165) is 12.1 Å². The van der Waals surface area contributed by atoms with E-state index in [4.69, 9.17) is 4.74 Å². The molecule has 2 aromatic carbocycles. The molecule has 2 amide bonds. The average molecular weight is 396 g/mol.